The largest absolute Gasteiger partial charge is 0.489 e. The van der Waals surface area contributed by atoms with Gasteiger partial charge in [-0.3, -0.25) is 9.69 Å². The van der Waals surface area contributed by atoms with Gasteiger partial charge in [-0.25, -0.2) is 4.39 Å². The fourth-order valence-electron chi connectivity index (χ4n) is 4.03. The number of piperazine rings is 1. The SMILES string of the molecule is Cc1cc(C)c(C)c(OCc2csc(C(=O)N3CCN(Cc4ccc(F)cc4Cl)CC3)c2)c1. The average Bonchev–Trinajstić information content (AvgIpc) is 3.26. The Labute approximate surface area is 203 Å². The molecular weight excluding hydrogens is 459 g/mol. The summed E-state index contributed by atoms with van der Waals surface area (Å²) < 4.78 is 19.3. The Balaban J connectivity index is 1.31. The summed E-state index contributed by atoms with van der Waals surface area (Å²) in [6, 6.07) is 10.6. The molecule has 0 aliphatic carbocycles. The van der Waals surface area contributed by atoms with Crippen molar-refractivity contribution in [2.45, 2.75) is 33.9 Å². The standard InChI is InChI=1S/C26H28ClFN2O2S/c1-17-10-18(2)19(3)24(11-17)32-15-20-12-25(33-16-20)26(31)30-8-6-29(7-9-30)14-21-4-5-22(28)13-23(21)27/h4-5,10-13,16H,6-9,14-15H2,1-3H3. The lowest BCUT2D eigenvalue weighted by atomic mass is 10.1. The highest BCUT2D eigenvalue weighted by Crippen LogP contribution is 2.26. The van der Waals surface area contributed by atoms with Crippen LogP contribution < -0.4 is 4.74 Å². The van der Waals surface area contributed by atoms with Gasteiger partial charge in [0.25, 0.3) is 5.91 Å². The van der Waals surface area contributed by atoms with E-state index in [9.17, 15) is 9.18 Å². The first kappa shape index (κ1) is 23.7. The lowest BCUT2D eigenvalue weighted by molar-refractivity contribution is 0.0633. The van der Waals surface area contributed by atoms with Crippen LogP contribution in [0, 0.1) is 26.6 Å². The number of ether oxygens (including phenoxy) is 1. The molecule has 0 radical (unpaired) electrons. The zero-order valence-corrected chi connectivity index (χ0v) is 20.7. The van der Waals surface area contributed by atoms with Gasteiger partial charge in [0, 0.05) is 43.3 Å². The van der Waals surface area contributed by atoms with E-state index in [0.717, 1.165) is 40.4 Å². The number of amides is 1. The number of halogens is 2. The number of benzene rings is 2. The van der Waals surface area contributed by atoms with Crippen molar-refractivity contribution in [1.29, 1.82) is 0 Å². The Kier molecular flexibility index (Phi) is 7.37. The molecule has 4 rings (SSSR count). The smallest absolute Gasteiger partial charge is 0.264 e. The number of hydrogen-bond donors (Lipinski definition) is 0. The average molecular weight is 487 g/mol. The van der Waals surface area contributed by atoms with E-state index in [1.807, 2.05) is 16.3 Å². The first-order valence-corrected chi connectivity index (χ1v) is 12.3. The second-order valence-corrected chi connectivity index (χ2v) is 9.94. The number of nitrogens with zero attached hydrogens (tertiary/aromatic N) is 2. The Morgan fingerprint density at radius 1 is 1.09 bits per heavy atom. The van der Waals surface area contributed by atoms with Crippen molar-refractivity contribution in [3.63, 3.8) is 0 Å². The maximum atomic E-state index is 13.3. The molecule has 0 atom stereocenters. The zero-order valence-electron chi connectivity index (χ0n) is 19.2. The molecule has 1 saturated heterocycles. The van der Waals surface area contributed by atoms with Gasteiger partial charge in [0.05, 0.1) is 4.88 Å². The fraction of sp³-hybridized carbons (Fsp3) is 0.346. The maximum absolute atomic E-state index is 13.3. The number of hydrogen-bond acceptors (Lipinski definition) is 4. The topological polar surface area (TPSA) is 32.8 Å². The summed E-state index contributed by atoms with van der Waals surface area (Å²) >= 11 is 7.62. The minimum absolute atomic E-state index is 0.0632. The highest BCUT2D eigenvalue weighted by molar-refractivity contribution is 7.12. The molecule has 0 N–H and O–H groups in total. The molecule has 1 aliphatic heterocycles. The van der Waals surface area contributed by atoms with Crippen LogP contribution in [0.4, 0.5) is 4.39 Å². The van der Waals surface area contributed by atoms with Crippen molar-refractivity contribution in [3.05, 3.63) is 85.3 Å². The van der Waals surface area contributed by atoms with Crippen LogP contribution in [0.1, 0.15) is 37.5 Å². The second-order valence-electron chi connectivity index (χ2n) is 8.62. The van der Waals surface area contributed by atoms with Crippen LogP contribution in [0.2, 0.25) is 5.02 Å². The zero-order chi connectivity index (χ0) is 23.5. The quantitative estimate of drug-likeness (QED) is 0.428. The first-order valence-electron chi connectivity index (χ1n) is 11.0. The maximum Gasteiger partial charge on any atom is 0.264 e. The van der Waals surface area contributed by atoms with Crippen molar-refractivity contribution < 1.29 is 13.9 Å². The van der Waals surface area contributed by atoms with Crippen LogP contribution in [0.5, 0.6) is 5.75 Å². The van der Waals surface area contributed by atoms with Crippen LogP contribution in [0.25, 0.3) is 0 Å². The molecule has 2 aromatic carbocycles. The Bertz CT molecular complexity index is 1160. The molecule has 7 heteroatoms. The molecule has 0 unspecified atom stereocenters. The molecule has 174 valence electrons. The van der Waals surface area contributed by atoms with Crippen LogP contribution in [-0.4, -0.2) is 41.9 Å². The summed E-state index contributed by atoms with van der Waals surface area (Å²) in [5.41, 5.74) is 5.44. The normalized spacial score (nSPS) is 14.5. The highest BCUT2D eigenvalue weighted by atomic mass is 35.5. The summed E-state index contributed by atoms with van der Waals surface area (Å²) in [5, 5.41) is 2.44. The molecule has 0 saturated carbocycles. The first-order chi connectivity index (χ1) is 15.8. The van der Waals surface area contributed by atoms with Gasteiger partial charge in [0.2, 0.25) is 0 Å². The number of rotatable bonds is 6. The summed E-state index contributed by atoms with van der Waals surface area (Å²) in [4.78, 5) is 17.9. The van der Waals surface area contributed by atoms with E-state index in [4.69, 9.17) is 16.3 Å². The molecule has 1 aliphatic rings. The van der Waals surface area contributed by atoms with E-state index in [-0.39, 0.29) is 11.7 Å². The van der Waals surface area contributed by atoms with E-state index in [2.05, 4.69) is 37.8 Å². The van der Waals surface area contributed by atoms with E-state index in [0.29, 0.717) is 31.3 Å². The van der Waals surface area contributed by atoms with Gasteiger partial charge in [-0.1, -0.05) is 23.7 Å². The number of aryl methyl sites for hydroxylation is 2. The molecule has 2 heterocycles. The molecule has 4 nitrogen and oxygen atoms in total. The third-order valence-corrected chi connectivity index (χ3v) is 7.41. The summed E-state index contributed by atoms with van der Waals surface area (Å²) in [6.45, 7) is 10.1. The monoisotopic (exact) mass is 486 g/mol. The number of carbonyl (C=O) groups excluding carboxylic acids is 1. The molecule has 0 bridgehead atoms. The summed E-state index contributed by atoms with van der Waals surface area (Å²) in [7, 11) is 0. The Hall–Kier alpha value is -2.41. The Morgan fingerprint density at radius 3 is 2.58 bits per heavy atom. The fourth-order valence-corrected chi connectivity index (χ4v) is 5.12. The van der Waals surface area contributed by atoms with Crippen molar-refractivity contribution >= 4 is 28.8 Å². The van der Waals surface area contributed by atoms with Crippen LogP contribution in [0.3, 0.4) is 0 Å². The van der Waals surface area contributed by atoms with Gasteiger partial charge in [-0.15, -0.1) is 11.3 Å². The minimum Gasteiger partial charge on any atom is -0.489 e. The summed E-state index contributed by atoms with van der Waals surface area (Å²) in [5.74, 6) is 0.626. The van der Waals surface area contributed by atoms with Crippen LogP contribution in [-0.2, 0) is 13.2 Å². The molecule has 0 spiro atoms. The van der Waals surface area contributed by atoms with Gasteiger partial charge in [-0.2, -0.15) is 0 Å². The van der Waals surface area contributed by atoms with Crippen molar-refractivity contribution in [1.82, 2.24) is 9.80 Å². The van der Waals surface area contributed by atoms with Gasteiger partial charge in [-0.05, 0) is 72.7 Å². The van der Waals surface area contributed by atoms with Crippen LogP contribution in [0.15, 0.2) is 41.8 Å². The van der Waals surface area contributed by atoms with Gasteiger partial charge >= 0.3 is 0 Å². The van der Waals surface area contributed by atoms with Crippen molar-refractivity contribution in [2.75, 3.05) is 26.2 Å². The van der Waals surface area contributed by atoms with Crippen molar-refractivity contribution in [2.24, 2.45) is 0 Å². The van der Waals surface area contributed by atoms with Gasteiger partial charge in [0.1, 0.15) is 18.2 Å². The van der Waals surface area contributed by atoms with E-state index < -0.39 is 0 Å². The number of carbonyl (C=O) groups is 1. The lowest BCUT2D eigenvalue weighted by Gasteiger charge is -2.34. The molecule has 1 fully saturated rings. The van der Waals surface area contributed by atoms with E-state index in [1.165, 1.54) is 34.6 Å². The van der Waals surface area contributed by atoms with Crippen LogP contribution >= 0.6 is 22.9 Å². The predicted octanol–water partition coefficient (Wildman–Crippen LogP) is 6.00. The molecule has 3 aromatic rings. The predicted molar refractivity (Wildman–Crippen MR) is 132 cm³/mol. The number of thiophene rings is 1. The van der Waals surface area contributed by atoms with E-state index >= 15 is 0 Å². The molecule has 33 heavy (non-hydrogen) atoms. The highest BCUT2D eigenvalue weighted by Gasteiger charge is 2.24. The van der Waals surface area contributed by atoms with Gasteiger partial charge in [0.15, 0.2) is 0 Å². The third-order valence-electron chi connectivity index (χ3n) is 6.09. The lowest BCUT2D eigenvalue weighted by Crippen LogP contribution is -2.48. The minimum atomic E-state index is -0.330. The molecule has 1 aromatic heterocycles. The van der Waals surface area contributed by atoms with Gasteiger partial charge < -0.3 is 9.64 Å². The molecule has 1 amide bonds. The third kappa shape index (κ3) is 5.75. The van der Waals surface area contributed by atoms with E-state index in [1.54, 1.807) is 6.07 Å². The molecular formula is C26H28ClFN2O2S. The second kappa shape index (κ2) is 10.2. The van der Waals surface area contributed by atoms with Crippen molar-refractivity contribution in [3.8, 4) is 5.75 Å². The summed E-state index contributed by atoms with van der Waals surface area (Å²) in [6.07, 6.45) is 0. The Morgan fingerprint density at radius 2 is 1.85 bits per heavy atom.